The number of hydrogen-bond donors (Lipinski definition) is 13. The van der Waals surface area contributed by atoms with E-state index in [-0.39, 0.29) is 25.8 Å². The molecule has 20 heteroatoms. The molecular formula is C31H57N7O13. The molecule has 20 nitrogen and oxygen atoms in total. The van der Waals surface area contributed by atoms with Crippen LogP contribution in [0.3, 0.4) is 0 Å². The first-order valence-electron chi connectivity index (χ1n) is 17.6. The molecule has 51 heavy (non-hydrogen) atoms. The maximum absolute atomic E-state index is 13.0. The van der Waals surface area contributed by atoms with Crippen molar-refractivity contribution in [2.24, 2.45) is 40.3 Å². The van der Waals surface area contributed by atoms with Gasteiger partial charge in [0, 0.05) is 31.5 Å². The molecule has 18 atom stereocenters. The summed E-state index contributed by atoms with van der Waals surface area (Å²) in [6.07, 6.45) is -13.0. The molecule has 0 radical (unpaired) electrons. The molecule has 3 heterocycles. The van der Waals surface area contributed by atoms with Crippen LogP contribution in [0.1, 0.15) is 32.1 Å². The van der Waals surface area contributed by atoms with Crippen LogP contribution in [0.25, 0.3) is 0 Å². The van der Waals surface area contributed by atoms with Gasteiger partial charge in [0.25, 0.3) is 0 Å². The standard InChI is InChI=1S/C31H57N7O13/c32-4-1-5-38-10-13-2-3-14(34)28(46-13)49-25-15(35)6-12(7-19(40)31(45)8-18(31)36)21(41)27(25)51-30-24(44)26(17(11-39)48-30)50-29-20(37)23(43)22(42)16(9-33)47-29/h2,12,14-18,20-30,38-39,41-45H,1,3-11,32-37H2/t12-,14+,15-,16-,17+,18?,20+,21-,22+,23+,24+,25+,26+,27+,28+,29+,30-,31?/m0/s1. The molecule has 2 aliphatic carbocycles. The lowest BCUT2D eigenvalue weighted by Crippen LogP contribution is -2.64. The number of nitrogens with two attached hydrogens (primary N) is 6. The smallest absolute Gasteiger partial charge is 0.215 e. The van der Waals surface area contributed by atoms with E-state index in [0.29, 0.717) is 31.8 Å². The maximum atomic E-state index is 13.0. The molecule has 5 rings (SSSR count). The van der Waals surface area contributed by atoms with Crippen molar-refractivity contribution in [1.29, 1.82) is 0 Å². The fourth-order valence-corrected chi connectivity index (χ4v) is 7.09. The van der Waals surface area contributed by atoms with E-state index in [1.54, 1.807) is 0 Å². The van der Waals surface area contributed by atoms with Crippen molar-refractivity contribution in [2.75, 3.05) is 32.8 Å². The zero-order chi connectivity index (χ0) is 37.2. The van der Waals surface area contributed by atoms with E-state index in [0.717, 1.165) is 6.42 Å². The minimum absolute atomic E-state index is 0.0839. The Morgan fingerprint density at radius 1 is 0.882 bits per heavy atom. The summed E-state index contributed by atoms with van der Waals surface area (Å²) in [6, 6.07) is -3.45. The third kappa shape index (κ3) is 8.90. The number of rotatable bonds is 16. The van der Waals surface area contributed by atoms with Crippen LogP contribution in [0.2, 0.25) is 0 Å². The molecule has 2 saturated carbocycles. The molecule has 3 aliphatic heterocycles. The monoisotopic (exact) mass is 735 g/mol. The molecule has 0 amide bonds. The van der Waals surface area contributed by atoms with Gasteiger partial charge in [-0.15, -0.1) is 0 Å². The highest BCUT2D eigenvalue weighted by Gasteiger charge is 2.59. The van der Waals surface area contributed by atoms with E-state index in [1.165, 1.54) is 0 Å². The summed E-state index contributed by atoms with van der Waals surface area (Å²) in [5, 5.41) is 67.7. The lowest BCUT2D eigenvalue weighted by atomic mass is 9.76. The van der Waals surface area contributed by atoms with Gasteiger partial charge in [-0.3, -0.25) is 4.79 Å². The minimum Gasteiger partial charge on any atom is -0.467 e. The number of ether oxygens (including phenoxy) is 6. The molecule has 4 fully saturated rings. The Morgan fingerprint density at radius 3 is 2.20 bits per heavy atom. The average molecular weight is 736 g/mol. The number of aliphatic hydroxyl groups is 6. The average Bonchev–Trinajstić information content (AvgIpc) is 3.63. The number of nitrogens with one attached hydrogen (secondary N) is 1. The molecule has 0 aromatic rings. The second kappa shape index (κ2) is 17.3. The molecule has 0 aromatic heterocycles. The van der Waals surface area contributed by atoms with E-state index >= 15 is 0 Å². The molecule has 294 valence electrons. The van der Waals surface area contributed by atoms with Crippen LogP contribution in [0.5, 0.6) is 0 Å². The van der Waals surface area contributed by atoms with Crippen LogP contribution in [0.4, 0.5) is 0 Å². The molecule has 2 saturated heterocycles. The van der Waals surface area contributed by atoms with Crippen LogP contribution in [0.15, 0.2) is 11.8 Å². The van der Waals surface area contributed by atoms with Crippen LogP contribution in [-0.4, -0.2) is 173 Å². The van der Waals surface area contributed by atoms with Crippen LogP contribution in [0, 0.1) is 5.92 Å². The highest BCUT2D eigenvalue weighted by atomic mass is 16.8. The highest BCUT2D eigenvalue weighted by molar-refractivity contribution is 5.91. The molecule has 0 aromatic carbocycles. The predicted molar refractivity (Wildman–Crippen MR) is 175 cm³/mol. The summed E-state index contributed by atoms with van der Waals surface area (Å²) in [6.45, 7) is 0.762. The summed E-state index contributed by atoms with van der Waals surface area (Å²) in [5.41, 5.74) is 34.4. The summed E-state index contributed by atoms with van der Waals surface area (Å²) in [5.74, 6) is -0.778. The second-order valence-corrected chi connectivity index (χ2v) is 14.2. The van der Waals surface area contributed by atoms with E-state index in [1.807, 2.05) is 6.08 Å². The predicted octanol–water partition coefficient (Wildman–Crippen LogP) is -7.02. The van der Waals surface area contributed by atoms with E-state index in [2.05, 4.69) is 5.32 Å². The van der Waals surface area contributed by atoms with Crippen LogP contribution in [-0.2, 0) is 33.2 Å². The third-order valence-electron chi connectivity index (χ3n) is 10.5. The SMILES string of the molecule is NCCCNCC1=CC[C@@H](N)[C@@H](O[C@H]2[C@H](O[C@@H]3O[C@H](CO)[C@@H](O[C@H]4O[C@@H](CN)[C@@H](O)[C@H](O)[C@H]4N)[C@H]3O)[C@@H](O)[C@H](CC(=O)C3(O)CC3N)C[C@@H]2N)O1. The fraction of sp³-hybridized carbons (Fsp3) is 0.903. The quantitative estimate of drug-likeness (QED) is 0.0655. The largest absolute Gasteiger partial charge is 0.467 e. The Bertz CT molecular complexity index is 1190. The van der Waals surface area contributed by atoms with E-state index in [9.17, 15) is 35.4 Å². The summed E-state index contributed by atoms with van der Waals surface area (Å²) < 4.78 is 36.0. The van der Waals surface area contributed by atoms with Crippen LogP contribution < -0.4 is 39.7 Å². The lowest BCUT2D eigenvalue weighted by Gasteiger charge is -2.46. The molecular weight excluding hydrogens is 678 g/mol. The van der Waals surface area contributed by atoms with Crippen molar-refractivity contribution in [3.8, 4) is 0 Å². The minimum atomic E-state index is -1.69. The number of hydrogen-bond acceptors (Lipinski definition) is 20. The Morgan fingerprint density at radius 2 is 1.55 bits per heavy atom. The fourth-order valence-electron chi connectivity index (χ4n) is 7.09. The summed E-state index contributed by atoms with van der Waals surface area (Å²) in [4.78, 5) is 13.0. The Hall–Kier alpha value is -1.51. The molecule has 0 spiro atoms. The van der Waals surface area contributed by atoms with Gasteiger partial charge in [0.2, 0.25) is 6.29 Å². The zero-order valence-electron chi connectivity index (χ0n) is 28.5. The van der Waals surface area contributed by atoms with Gasteiger partial charge in [-0.2, -0.15) is 0 Å². The van der Waals surface area contributed by atoms with Gasteiger partial charge >= 0.3 is 0 Å². The molecule has 19 N–H and O–H groups in total. The first-order valence-corrected chi connectivity index (χ1v) is 17.6. The zero-order valence-corrected chi connectivity index (χ0v) is 28.5. The van der Waals surface area contributed by atoms with Crippen molar-refractivity contribution in [2.45, 2.75) is 136 Å². The Kier molecular flexibility index (Phi) is 13.8. The molecule has 2 unspecified atom stereocenters. The lowest BCUT2D eigenvalue weighted by molar-refractivity contribution is -0.283. The third-order valence-corrected chi connectivity index (χ3v) is 10.5. The number of Topliss-reactive ketones (excluding diaryl/α,β-unsaturated/α-hetero) is 1. The second-order valence-electron chi connectivity index (χ2n) is 14.2. The van der Waals surface area contributed by atoms with Crippen molar-refractivity contribution in [3.05, 3.63) is 11.8 Å². The molecule has 0 bridgehead atoms. The van der Waals surface area contributed by atoms with Gasteiger partial charge in [0.1, 0.15) is 60.2 Å². The summed E-state index contributed by atoms with van der Waals surface area (Å²) in [7, 11) is 0. The van der Waals surface area contributed by atoms with Gasteiger partial charge in [0.15, 0.2) is 18.4 Å². The van der Waals surface area contributed by atoms with Gasteiger partial charge in [-0.25, -0.2) is 0 Å². The van der Waals surface area contributed by atoms with Crippen LogP contribution >= 0.6 is 0 Å². The van der Waals surface area contributed by atoms with Crippen molar-refractivity contribution in [1.82, 2.24) is 5.32 Å². The first-order chi connectivity index (χ1) is 24.2. The maximum Gasteiger partial charge on any atom is 0.215 e. The van der Waals surface area contributed by atoms with Gasteiger partial charge < -0.3 is 98.8 Å². The topological polar surface area (TPSA) is 362 Å². The Balaban J connectivity index is 1.33. The number of ketones is 1. The van der Waals surface area contributed by atoms with Gasteiger partial charge in [-0.05, 0) is 44.3 Å². The highest BCUT2D eigenvalue weighted by Crippen LogP contribution is 2.41. The van der Waals surface area contributed by atoms with E-state index < -0.39 is 122 Å². The normalized spacial score (nSPS) is 47.1. The number of aliphatic hydroxyl groups excluding tert-OH is 5. The van der Waals surface area contributed by atoms with Gasteiger partial charge in [-0.1, -0.05) is 0 Å². The molecule has 5 aliphatic rings. The van der Waals surface area contributed by atoms with Crippen molar-refractivity contribution >= 4 is 5.78 Å². The van der Waals surface area contributed by atoms with Crippen molar-refractivity contribution in [3.63, 3.8) is 0 Å². The first kappa shape index (κ1) is 40.7. The van der Waals surface area contributed by atoms with Gasteiger partial charge in [0.05, 0.1) is 31.3 Å². The summed E-state index contributed by atoms with van der Waals surface area (Å²) >= 11 is 0. The Labute approximate surface area is 295 Å². The number of carbonyl (C=O) groups excluding carboxylic acids is 1. The van der Waals surface area contributed by atoms with E-state index in [4.69, 9.17) is 62.8 Å². The van der Waals surface area contributed by atoms with Crippen molar-refractivity contribution < 1.29 is 63.9 Å². The number of carbonyl (C=O) groups is 1.